The van der Waals surface area contributed by atoms with Crippen LogP contribution in [0.5, 0.6) is 0 Å². The minimum Gasteiger partial charge on any atom is -0.352 e. The van der Waals surface area contributed by atoms with E-state index >= 15 is 0 Å². The molecule has 0 saturated heterocycles. The van der Waals surface area contributed by atoms with Gasteiger partial charge in [0, 0.05) is 24.0 Å². The average Bonchev–Trinajstić information content (AvgIpc) is 3.03. The molecule has 0 heterocycles. The fraction of sp³-hybridized carbons (Fsp3) is 0.235. The molecular weight excluding hydrogens is 636 g/mol. The van der Waals surface area contributed by atoms with Crippen LogP contribution in [0.1, 0.15) is 31.4 Å². The van der Waals surface area contributed by atoms with Gasteiger partial charge >= 0.3 is 0 Å². The Bertz CT molecular complexity index is 1730. The highest BCUT2D eigenvalue weighted by Gasteiger charge is 2.35. The summed E-state index contributed by atoms with van der Waals surface area (Å²) < 4.78 is 43.0. The number of benzene rings is 4. The fourth-order valence-electron chi connectivity index (χ4n) is 4.72. The van der Waals surface area contributed by atoms with Crippen LogP contribution in [0.15, 0.2) is 108 Å². The summed E-state index contributed by atoms with van der Waals surface area (Å²) in [6.45, 7) is 3.08. The summed E-state index contributed by atoms with van der Waals surface area (Å²) in [4.78, 5) is 29.6. The molecule has 0 saturated carbocycles. The second-order valence-electron chi connectivity index (χ2n) is 10.6. The first-order valence-electron chi connectivity index (χ1n) is 14.4. The SMILES string of the molecule is CCC(C)NC(=O)C(Cc1ccccc1)N(Cc1cccc(Cl)c1)C(=O)CN(c1ccc(F)c(Cl)c1)S(=O)(=O)c1ccccc1. The van der Waals surface area contributed by atoms with E-state index < -0.39 is 34.3 Å². The Labute approximate surface area is 273 Å². The number of halogens is 3. The number of carbonyl (C=O) groups excluding carboxylic acids is 2. The van der Waals surface area contributed by atoms with Crippen LogP contribution in [0.3, 0.4) is 0 Å². The third-order valence-corrected chi connectivity index (χ3v) is 9.63. The van der Waals surface area contributed by atoms with Crippen LogP contribution in [0.25, 0.3) is 0 Å². The highest BCUT2D eigenvalue weighted by atomic mass is 35.5. The van der Waals surface area contributed by atoms with Crippen molar-refractivity contribution in [2.24, 2.45) is 0 Å². The van der Waals surface area contributed by atoms with Crippen LogP contribution in [-0.4, -0.2) is 43.8 Å². The van der Waals surface area contributed by atoms with Crippen molar-refractivity contribution in [3.05, 3.63) is 130 Å². The van der Waals surface area contributed by atoms with Crippen molar-refractivity contribution in [3.8, 4) is 0 Å². The molecule has 0 aromatic heterocycles. The lowest BCUT2D eigenvalue weighted by atomic mass is 10.0. The number of hydrogen-bond acceptors (Lipinski definition) is 4. The van der Waals surface area contributed by atoms with Crippen LogP contribution < -0.4 is 9.62 Å². The zero-order chi connectivity index (χ0) is 32.6. The Morgan fingerprint density at radius 2 is 1.51 bits per heavy atom. The molecule has 4 aromatic rings. The van der Waals surface area contributed by atoms with Crippen molar-refractivity contribution in [1.29, 1.82) is 0 Å². The molecule has 236 valence electrons. The molecule has 45 heavy (non-hydrogen) atoms. The van der Waals surface area contributed by atoms with E-state index in [1.807, 2.05) is 44.2 Å². The minimum absolute atomic E-state index is 0.00928. The third kappa shape index (κ3) is 8.84. The summed E-state index contributed by atoms with van der Waals surface area (Å²) in [5.41, 5.74) is 1.45. The molecule has 4 aromatic carbocycles. The van der Waals surface area contributed by atoms with Gasteiger partial charge in [-0.2, -0.15) is 0 Å². The van der Waals surface area contributed by atoms with Gasteiger partial charge in [0.1, 0.15) is 18.4 Å². The summed E-state index contributed by atoms with van der Waals surface area (Å²) in [5, 5.41) is 3.12. The normalized spacial score (nSPS) is 12.6. The summed E-state index contributed by atoms with van der Waals surface area (Å²) in [6, 6.07) is 26.0. The summed E-state index contributed by atoms with van der Waals surface area (Å²) in [6.07, 6.45) is 0.837. The van der Waals surface area contributed by atoms with Gasteiger partial charge in [0.2, 0.25) is 11.8 Å². The van der Waals surface area contributed by atoms with Gasteiger partial charge in [-0.3, -0.25) is 13.9 Å². The van der Waals surface area contributed by atoms with E-state index in [-0.39, 0.29) is 40.5 Å². The van der Waals surface area contributed by atoms with Crippen LogP contribution in [0.2, 0.25) is 10.0 Å². The molecular formula is C34H34Cl2FN3O4S. The molecule has 2 atom stereocenters. The topological polar surface area (TPSA) is 86.8 Å². The molecule has 0 aliphatic carbocycles. The first kappa shape index (κ1) is 34.0. The quantitative estimate of drug-likeness (QED) is 0.168. The van der Waals surface area contributed by atoms with E-state index in [2.05, 4.69) is 5.32 Å². The molecule has 2 unspecified atom stereocenters. The third-order valence-electron chi connectivity index (χ3n) is 7.32. The number of amides is 2. The highest BCUT2D eigenvalue weighted by Crippen LogP contribution is 2.28. The fourth-order valence-corrected chi connectivity index (χ4v) is 6.53. The predicted octanol–water partition coefficient (Wildman–Crippen LogP) is 6.88. The van der Waals surface area contributed by atoms with E-state index in [9.17, 15) is 22.4 Å². The van der Waals surface area contributed by atoms with Crippen LogP contribution in [-0.2, 0) is 32.6 Å². The van der Waals surface area contributed by atoms with Crippen molar-refractivity contribution < 1.29 is 22.4 Å². The molecule has 0 aliphatic rings. The smallest absolute Gasteiger partial charge is 0.264 e. The predicted molar refractivity (Wildman–Crippen MR) is 176 cm³/mol. The van der Waals surface area contributed by atoms with Crippen molar-refractivity contribution in [2.45, 2.75) is 50.2 Å². The van der Waals surface area contributed by atoms with E-state index in [1.54, 1.807) is 42.5 Å². The van der Waals surface area contributed by atoms with E-state index in [1.165, 1.54) is 23.1 Å². The molecule has 0 bridgehead atoms. The lowest BCUT2D eigenvalue weighted by molar-refractivity contribution is -0.140. The summed E-state index contributed by atoms with van der Waals surface area (Å²) in [5.74, 6) is -1.78. The molecule has 2 amide bonds. The number of sulfonamides is 1. The van der Waals surface area contributed by atoms with E-state index in [0.29, 0.717) is 17.0 Å². The van der Waals surface area contributed by atoms with Gasteiger partial charge in [0.15, 0.2) is 0 Å². The molecule has 11 heteroatoms. The van der Waals surface area contributed by atoms with Gasteiger partial charge < -0.3 is 10.2 Å². The molecule has 7 nitrogen and oxygen atoms in total. The number of carbonyl (C=O) groups is 2. The number of nitrogens with zero attached hydrogens (tertiary/aromatic N) is 2. The van der Waals surface area contributed by atoms with Gasteiger partial charge in [-0.25, -0.2) is 12.8 Å². The Kier molecular flexibility index (Phi) is 11.6. The van der Waals surface area contributed by atoms with Gasteiger partial charge in [0.25, 0.3) is 10.0 Å². The summed E-state index contributed by atoms with van der Waals surface area (Å²) >= 11 is 12.3. The first-order valence-corrected chi connectivity index (χ1v) is 16.6. The Hall–Kier alpha value is -3.92. The van der Waals surface area contributed by atoms with Gasteiger partial charge in [0.05, 0.1) is 15.6 Å². The van der Waals surface area contributed by atoms with Crippen LogP contribution >= 0.6 is 23.2 Å². The number of hydrogen-bond donors (Lipinski definition) is 1. The molecule has 4 rings (SSSR count). The Morgan fingerprint density at radius 3 is 2.13 bits per heavy atom. The lowest BCUT2D eigenvalue weighted by Crippen LogP contribution is -2.54. The second kappa shape index (κ2) is 15.4. The number of anilines is 1. The maximum atomic E-state index is 14.4. The van der Waals surface area contributed by atoms with Gasteiger partial charge in [-0.15, -0.1) is 0 Å². The van der Waals surface area contributed by atoms with Gasteiger partial charge in [-0.05, 0) is 66.9 Å². The minimum atomic E-state index is -4.34. The molecule has 0 fully saturated rings. The molecule has 0 aliphatic heterocycles. The number of nitrogens with one attached hydrogen (secondary N) is 1. The van der Waals surface area contributed by atoms with Crippen LogP contribution in [0.4, 0.5) is 10.1 Å². The largest absolute Gasteiger partial charge is 0.352 e. The monoisotopic (exact) mass is 669 g/mol. The van der Waals surface area contributed by atoms with Crippen molar-refractivity contribution >= 4 is 50.7 Å². The zero-order valence-corrected chi connectivity index (χ0v) is 27.2. The second-order valence-corrected chi connectivity index (χ2v) is 13.3. The van der Waals surface area contributed by atoms with E-state index in [0.717, 1.165) is 22.0 Å². The van der Waals surface area contributed by atoms with Crippen molar-refractivity contribution in [3.63, 3.8) is 0 Å². The van der Waals surface area contributed by atoms with Crippen molar-refractivity contribution in [2.75, 3.05) is 10.8 Å². The standard InChI is InChI=1S/C34H34Cl2FN3O4S/c1-3-24(2)38-34(42)32(20-25-11-6-4-7-12-25)39(22-26-13-10-14-27(35)19-26)33(41)23-40(28-17-18-31(37)30(36)21-28)45(43,44)29-15-8-5-9-16-29/h4-19,21,24,32H,3,20,22-23H2,1-2H3,(H,38,42). The average molecular weight is 671 g/mol. The van der Waals surface area contributed by atoms with E-state index in [4.69, 9.17) is 23.2 Å². The first-order chi connectivity index (χ1) is 21.5. The highest BCUT2D eigenvalue weighted by molar-refractivity contribution is 7.92. The van der Waals surface area contributed by atoms with Crippen molar-refractivity contribution in [1.82, 2.24) is 10.2 Å². The molecule has 0 radical (unpaired) electrons. The number of rotatable bonds is 13. The molecule has 0 spiro atoms. The van der Waals surface area contributed by atoms with Gasteiger partial charge in [-0.1, -0.05) is 90.8 Å². The lowest BCUT2D eigenvalue weighted by Gasteiger charge is -2.34. The molecule has 1 N–H and O–H groups in total. The maximum Gasteiger partial charge on any atom is 0.264 e. The van der Waals surface area contributed by atoms with Crippen LogP contribution in [0, 0.1) is 5.82 Å². The zero-order valence-electron chi connectivity index (χ0n) is 24.9. The Morgan fingerprint density at radius 1 is 0.867 bits per heavy atom. The maximum absolute atomic E-state index is 14.4. The Balaban J connectivity index is 1.82. The summed E-state index contributed by atoms with van der Waals surface area (Å²) in [7, 11) is -4.34.